The Labute approximate surface area is 115 Å². The van der Waals surface area contributed by atoms with Gasteiger partial charge in [-0.2, -0.15) is 0 Å². The van der Waals surface area contributed by atoms with E-state index >= 15 is 0 Å². The van der Waals surface area contributed by atoms with Gasteiger partial charge in [-0.3, -0.25) is 4.90 Å². The Balaban J connectivity index is 1.47. The fraction of sp³-hybridized carbons (Fsp3) is 0.625. The molecule has 1 aromatic carbocycles. The van der Waals surface area contributed by atoms with Gasteiger partial charge in [0.05, 0.1) is 12.2 Å². The van der Waals surface area contributed by atoms with Gasteiger partial charge in [0.15, 0.2) is 0 Å². The summed E-state index contributed by atoms with van der Waals surface area (Å²) >= 11 is 0. The molecule has 0 aliphatic carbocycles. The molecule has 0 aromatic heterocycles. The standard InChI is InChI=1S/C16H24N2O/c1-2-17-9-15-7-8-16(19-15)12-18-10-13-5-3-4-6-14(13)11-18/h3-6,15-17H,2,7-12H2,1H3. The van der Waals surface area contributed by atoms with Crippen LogP contribution in [0.2, 0.25) is 0 Å². The summed E-state index contributed by atoms with van der Waals surface area (Å²) in [6, 6.07) is 8.78. The minimum Gasteiger partial charge on any atom is -0.372 e. The zero-order chi connectivity index (χ0) is 13.1. The normalized spacial score (nSPS) is 26.8. The molecule has 104 valence electrons. The first-order valence-corrected chi connectivity index (χ1v) is 7.50. The SMILES string of the molecule is CCNCC1CCC(CN2Cc3ccccc3C2)O1. The van der Waals surface area contributed by atoms with Gasteiger partial charge in [-0.05, 0) is 30.5 Å². The molecule has 2 heterocycles. The third-order valence-electron chi connectivity index (χ3n) is 4.19. The maximum Gasteiger partial charge on any atom is 0.0707 e. The largest absolute Gasteiger partial charge is 0.372 e. The number of hydrogen-bond donors (Lipinski definition) is 1. The summed E-state index contributed by atoms with van der Waals surface area (Å²) in [6.45, 7) is 7.45. The van der Waals surface area contributed by atoms with Crippen molar-refractivity contribution < 1.29 is 4.74 Å². The lowest BCUT2D eigenvalue weighted by Gasteiger charge is -2.20. The lowest BCUT2D eigenvalue weighted by Crippen LogP contribution is -2.31. The molecule has 1 saturated heterocycles. The van der Waals surface area contributed by atoms with Crippen LogP contribution in [-0.4, -0.2) is 36.7 Å². The van der Waals surface area contributed by atoms with E-state index in [-0.39, 0.29) is 0 Å². The molecule has 1 N–H and O–H groups in total. The molecule has 3 heteroatoms. The summed E-state index contributed by atoms with van der Waals surface area (Å²) in [5, 5.41) is 3.38. The number of ether oxygens (including phenoxy) is 1. The lowest BCUT2D eigenvalue weighted by atomic mass is 10.1. The summed E-state index contributed by atoms with van der Waals surface area (Å²) in [7, 11) is 0. The van der Waals surface area contributed by atoms with Crippen LogP contribution in [0.3, 0.4) is 0 Å². The van der Waals surface area contributed by atoms with Crippen LogP contribution in [0.5, 0.6) is 0 Å². The number of benzene rings is 1. The first-order chi connectivity index (χ1) is 9.35. The number of nitrogens with one attached hydrogen (secondary N) is 1. The molecule has 2 atom stereocenters. The summed E-state index contributed by atoms with van der Waals surface area (Å²) in [4.78, 5) is 2.52. The molecule has 2 aliphatic heterocycles. The molecule has 3 rings (SSSR count). The van der Waals surface area contributed by atoms with Crippen molar-refractivity contribution in [3.63, 3.8) is 0 Å². The number of nitrogens with zero attached hydrogens (tertiary/aromatic N) is 1. The smallest absolute Gasteiger partial charge is 0.0707 e. The van der Waals surface area contributed by atoms with Gasteiger partial charge in [-0.1, -0.05) is 31.2 Å². The molecule has 19 heavy (non-hydrogen) atoms. The van der Waals surface area contributed by atoms with Crippen LogP contribution in [-0.2, 0) is 17.8 Å². The number of fused-ring (bicyclic) bond motifs is 1. The first kappa shape index (κ1) is 13.1. The third kappa shape index (κ3) is 3.16. The molecule has 3 nitrogen and oxygen atoms in total. The van der Waals surface area contributed by atoms with Crippen LogP contribution >= 0.6 is 0 Å². The van der Waals surface area contributed by atoms with E-state index < -0.39 is 0 Å². The second-order valence-electron chi connectivity index (χ2n) is 5.70. The highest BCUT2D eigenvalue weighted by molar-refractivity contribution is 5.30. The molecule has 0 saturated carbocycles. The number of hydrogen-bond acceptors (Lipinski definition) is 3. The predicted octanol–water partition coefficient (Wildman–Crippen LogP) is 2.16. The van der Waals surface area contributed by atoms with Gasteiger partial charge < -0.3 is 10.1 Å². The molecule has 1 aromatic rings. The maximum absolute atomic E-state index is 6.12. The van der Waals surface area contributed by atoms with Crippen molar-refractivity contribution in [1.82, 2.24) is 10.2 Å². The summed E-state index contributed by atoms with van der Waals surface area (Å²) < 4.78 is 6.12. The predicted molar refractivity (Wildman–Crippen MR) is 77.0 cm³/mol. The Bertz CT molecular complexity index is 396. The minimum absolute atomic E-state index is 0.426. The van der Waals surface area contributed by atoms with Gasteiger partial charge >= 0.3 is 0 Å². The van der Waals surface area contributed by atoms with Crippen molar-refractivity contribution >= 4 is 0 Å². The van der Waals surface area contributed by atoms with Gasteiger partial charge in [0.25, 0.3) is 0 Å². The highest BCUT2D eigenvalue weighted by atomic mass is 16.5. The highest BCUT2D eigenvalue weighted by Crippen LogP contribution is 2.26. The monoisotopic (exact) mass is 260 g/mol. The Kier molecular flexibility index (Phi) is 4.16. The zero-order valence-electron chi connectivity index (χ0n) is 11.8. The van der Waals surface area contributed by atoms with E-state index in [4.69, 9.17) is 4.74 Å². The van der Waals surface area contributed by atoms with E-state index in [0.717, 1.165) is 32.7 Å². The molecular formula is C16H24N2O. The van der Waals surface area contributed by atoms with Gasteiger partial charge in [0.1, 0.15) is 0 Å². The fourth-order valence-electron chi connectivity index (χ4n) is 3.19. The molecule has 0 spiro atoms. The van der Waals surface area contributed by atoms with Crippen molar-refractivity contribution in [2.24, 2.45) is 0 Å². The van der Waals surface area contributed by atoms with E-state index in [1.165, 1.54) is 24.0 Å². The van der Waals surface area contributed by atoms with E-state index in [0.29, 0.717) is 12.2 Å². The van der Waals surface area contributed by atoms with Gasteiger partial charge in [-0.15, -0.1) is 0 Å². The lowest BCUT2D eigenvalue weighted by molar-refractivity contribution is 0.0228. The summed E-state index contributed by atoms with van der Waals surface area (Å²) in [5.41, 5.74) is 2.98. The van der Waals surface area contributed by atoms with Crippen molar-refractivity contribution in [3.05, 3.63) is 35.4 Å². The number of likely N-dealkylation sites (N-methyl/N-ethyl adjacent to an activating group) is 1. The van der Waals surface area contributed by atoms with E-state index in [9.17, 15) is 0 Å². The van der Waals surface area contributed by atoms with Crippen molar-refractivity contribution in [3.8, 4) is 0 Å². The van der Waals surface area contributed by atoms with Crippen LogP contribution < -0.4 is 5.32 Å². The van der Waals surface area contributed by atoms with E-state index in [1.807, 2.05) is 0 Å². The molecular weight excluding hydrogens is 236 g/mol. The second kappa shape index (κ2) is 6.04. The summed E-state index contributed by atoms with van der Waals surface area (Å²) in [5.74, 6) is 0. The van der Waals surface area contributed by atoms with Crippen LogP contribution in [0.15, 0.2) is 24.3 Å². The maximum atomic E-state index is 6.12. The number of rotatable bonds is 5. The Morgan fingerprint density at radius 3 is 2.53 bits per heavy atom. The fourth-order valence-corrected chi connectivity index (χ4v) is 3.19. The average molecular weight is 260 g/mol. The molecule has 2 unspecified atom stereocenters. The highest BCUT2D eigenvalue weighted by Gasteiger charge is 2.28. The third-order valence-corrected chi connectivity index (χ3v) is 4.19. The zero-order valence-corrected chi connectivity index (χ0v) is 11.8. The van der Waals surface area contributed by atoms with Crippen molar-refractivity contribution in [2.75, 3.05) is 19.6 Å². The average Bonchev–Trinajstić information content (AvgIpc) is 3.02. The first-order valence-electron chi connectivity index (χ1n) is 7.50. The van der Waals surface area contributed by atoms with Gasteiger partial charge in [0, 0.05) is 26.2 Å². The molecule has 2 aliphatic rings. The second-order valence-corrected chi connectivity index (χ2v) is 5.70. The quantitative estimate of drug-likeness (QED) is 0.878. The van der Waals surface area contributed by atoms with E-state index in [2.05, 4.69) is 41.4 Å². The van der Waals surface area contributed by atoms with E-state index in [1.54, 1.807) is 0 Å². The molecule has 0 bridgehead atoms. The Hall–Kier alpha value is -0.900. The van der Waals surface area contributed by atoms with Crippen LogP contribution in [0, 0.1) is 0 Å². The Morgan fingerprint density at radius 1 is 1.16 bits per heavy atom. The van der Waals surface area contributed by atoms with Crippen LogP contribution in [0.4, 0.5) is 0 Å². The minimum atomic E-state index is 0.426. The van der Waals surface area contributed by atoms with Crippen molar-refractivity contribution in [2.45, 2.75) is 45.1 Å². The molecule has 1 fully saturated rings. The molecule has 0 radical (unpaired) electrons. The van der Waals surface area contributed by atoms with Crippen LogP contribution in [0.25, 0.3) is 0 Å². The topological polar surface area (TPSA) is 24.5 Å². The van der Waals surface area contributed by atoms with Gasteiger partial charge in [-0.25, -0.2) is 0 Å². The van der Waals surface area contributed by atoms with Gasteiger partial charge in [0.2, 0.25) is 0 Å². The summed E-state index contributed by atoms with van der Waals surface area (Å²) in [6.07, 6.45) is 3.27. The molecule has 0 amide bonds. The Morgan fingerprint density at radius 2 is 1.84 bits per heavy atom. The van der Waals surface area contributed by atoms with Crippen molar-refractivity contribution in [1.29, 1.82) is 0 Å². The van der Waals surface area contributed by atoms with Crippen LogP contribution in [0.1, 0.15) is 30.9 Å².